The Hall–Kier alpha value is 0.200. The van der Waals surface area contributed by atoms with Gasteiger partial charge in [-0.1, -0.05) is 0 Å². The van der Waals surface area contributed by atoms with E-state index in [0.29, 0.717) is 0 Å². The molecule has 0 bridgehead atoms. The van der Waals surface area contributed by atoms with Crippen LogP contribution in [0.5, 0.6) is 0 Å². The minimum Gasteiger partial charge on any atom is -0.354 e. The van der Waals surface area contributed by atoms with Gasteiger partial charge in [0, 0.05) is 23.8 Å². The molecule has 0 aliphatic carbocycles. The molecule has 0 aromatic carbocycles. The van der Waals surface area contributed by atoms with Crippen LogP contribution in [0, 0.1) is 0 Å². The molecule has 1 aromatic heterocycles. The van der Waals surface area contributed by atoms with Gasteiger partial charge in [0.2, 0.25) is 0 Å². The van der Waals surface area contributed by atoms with Crippen molar-refractivity contribution in [1.29, 1.82) is 0 Å². The highest BCUT2D eigenvalue weighted by Crippen LogP contribution is 2.29. The second kappa shape index (κ2) is 4.37. The molecule has 1 fully saturated rings. The lowest BCUT2D eigenvalue weighted by Gasteiger charge is -2.17. The van der Waals surface area contributed by atoms with Gasteiger partial charge in [-0.25, -0.2) is 4.98 Å². The maximum atomic E-state index is 6.05. The van der Waals surface area contributed by atoms with Crippen LogP contribution >= 0.6 is 43.5 Å². The number of nitrogens with zero attached hydrogens (tertiary/aromatic N) is 2. The van der Waals surface area contributed by atoms with E-state index >= 15 is 0 Å². The van der Waals surface area contributed by atoms with E-state index in [1.165, 1.54) is 0 Å². The van der Waals surface area contributed by atoms with E-state index in [-0.39, 0.29) is 5.38 Å². The lowest BCUT2D eigenvalue weighted by molar-refractivity contribution is 0.932. The molecule has 1 aromatic rings. The molecule has 1 saturated heterocycles. The molecule has 2 nitrogen and oxygen atoms in total. The average molecular weight is 340 g/mol. The number of rotatable bonds is 1. The highest BCUT2D eigenvalue weighted by molar-refractivity contribution is 9.11. The Morgan fingerprint density at radius 2 is 2.29 bits per heavy atom. The molecule has 76 valence electrons. The van der Waals surface area contributed by atoms with Crippen LogP contribution < -0.4 is 4.90 Å². The molecule has 0 amide bonds. The zero-order chi connectivity index (χ0) is 10.1. The van der Waals surface area contributed by atoms with Crippen LogP contribution in [0.15, 0.2) is 21.2 Å². The Morgan fingerprint density at radius 1 is 1.50 bits per heavy atom. The largest absolute Gasteiger partial charge is 0.354 e. The van der Waals surface area contributed by atoms with E-state index < -0.39 is 0 Å². The molecule has 2 rings (SSSR count). The third-order valence-corrected chi connectivity index (χ3v) is 3.59. The fourth-order valence-electron chi connectivity index (χ4n) is 1.55. The van der Waals surface area contributed by atoms with Crippen molar-refractivity contribution in [1.82, 2.24) is 4.98 Å². The van der Waals surface area contributed by atoms with Gasteiger partial charge in [-0.3, -0.25) is 0 Å². The first kappa shape index (κ1) is 10.7. The first-order valence-corrected chi connectivity index (χ1v) is 6.39. The molecule has 0 saturated carbocycles. The number of hydrogen-bond donors (Lipinski definition) is 0. The molecule has 0 N–H and O–H groups in total. The molecule has 0 radical (unpaired) electrons. The van der Waals surface area contributed by atoms with Gasteiger partial charge in [-0.05, 0) is 44.3 Å². The maximum absolute atomic E-state index is 6.05. The summed E-state index contributed by atoms with van der Waals surface area (Å²) < 4.78 is 1.99. The monoisotopic (exact) mass is 338 g/mol. The Bertz CT molecular complexity index is 346. The van der Waals surface area contributed by atoms with E-state index in [2.05, 4.69) is 41.7 Å². The van der Waals surface area contributed by atoms with Crippen molar-refractivity contribution in [2.24, 2.45) is 0 Å². The summed E-state index contributed by atoms with van der Waals surface area (Å²) in [6, 6.07) is 2.00. The van der Waals surface area contributed by atoms with Gasteiger partial charge in [0.25, 0.3) is 0 Å². The lowest BCUT2D eigenvalue weighted by atomic mass is 10.4. The standard InChI is InChI=1S/C9H9Br2ClN2/c10-6-3-8(11)9(13-4-6)14-2-1-7(12)5-14/h3-4,7H,1-2,5H2. The number of aromatic nitrogens is 1. The third-order valence-electron chi connectivity index (χ3n) is 2.22. The summed E-state index contributed by atoms with van der Waals surface area (Å²) in [6.45, 7) is 1.87. The van der Waals surface area contributed by atoms with Crippen molar-refractivity contribution in [3.05, 3.63) is 21.2 Å². The Morgan fingerprint density at radius 3 is 2.86 bits per heavy atom. The molecule has 14 heavy (non-hydrogen) atoms. The summed E-state index contributed by atoms with van der Waals surface area (Å²) in [5, 5.41) is 0.257. The normalized spacial score (nSPS) is 21.6. The quantitative estimate of drug-likeness (QED) is 0.728. The molecular formula is C9H9Br2ClN2. The number of hydrogen-bond acceptors (Lipinski definition) is 2. The lowest BCUT2D eigenvalue weighted by Crippen LogP contribution is -2.21. The Balaban J connectivity index is 2.24. The van der Waals surface area contributed by atoms with E-state index in [4.69, 9.17) is 11.6 Å². The molecule has 5 heteroatoms. The SMILES string of the molecule is ClC1CCN(c2ncc(Br)cc2Br)C1. The summed E-state index contributed by atoms with van der Waals surface area (Å²) in [5.41, 5.74) is 0. The molecular weight excluding hydrogens is 331 g/mol. The highest BCUT2D eigenvalue weighted by Gasteiger charge is 2.22. The first-order valence-electron chi connectivity index (χ1n) is 4.37. The van der Waals surface area contributed by atoms with E-state index in [9.17, 15) is 0 Å². The van der Waals surface area contributed by atoms with Crippen molar-refractivity contribution in [3.63, 3.8) is 0 Å². The van der Waals surface area contributed by atoms with Crippen LogP contribution in [-0.4, -0.2) is 23.5 Å². The van der Waals surface area contributed by atoms with Crippen LogP contribution in [-0.2, 0) is 0 Å². The van der Waals surface area contributed by atoms with Gasteiger partial charge in [-0.15, -0.1) is 11.6 Å². The third kappa shape index (κ3) is 2.23. The van der Waals surface area contributed by atoms with Gasteiger partial charge < -0.3 is 4.90 Å². The van der Waals surface area contributed by atoms with Crippen molar-refractivity contribution >= 4 is 49.3 Å². The van der Waals surface area contributed by atoms with Crippen LogP contribution in [0.4, 0.5) is 5.82 Å². The van der Waals surface area contributed by atoms with E-state index in [1.54, 1.807) is 0 Å². The maximum Gasteiger partial charge on any atom is 0.142 e. The highest BCUT2D eigenvalue weighted by atomic mass is 79.9. The molecule has 1 atom stereocenters. The van der Waals surface area contributed by atoms with Gasteiger partial charge >= 0.3 is 0 Å². The second-order valence-corrected chi connectivity index (χ2v) is 5.68. The fourth-order valence-corrected chi connectivity index (χ4v) is 3.05. The zero-order valence-electron chi connectivity index (χ0n) is 7.38. The fraction of sp³-hybridized carbons (Fsp3) is 0.444. The number of halogens is 3. The zero-order valence-corrected chi connectivity index (χ0v) is 11.3. The second-order valence-electron chi connectivity index (χ2n) is 3.29. The minimum atomic E-state index is 0.257. The predicted octanol–water partition coefficient (Wildman–Crippen LogP) is 3.42. The smallest absolute Gasteiger partial charge is 0.142 e. The molecule has 2 heterocycles. The van der Waals surface area contributed by atoms with Gasteiger partial charge in [-0.2, -0.15) is 0 Å². The summed E-state index contributed by atoms with van der Waals surface area (Å²) in [4.78, 5) is 6.57. The van der Waals surface area contributed by atoms with Crippen LogP contribution in [0.1, 0.15) is 6.42 Å². The molecule has 0 spiro atoms. The molecule has 1 aliphatic heterocycles. The summed E-state index contributed by atoms with van der Waals surface area (Å²) in [7, 11) is 0. The van der Waals surface area contributed by atoms with Crippen LogP contribution in [0.2, 0.25) is 0 Å². The number of pyridine rings is 1. The Labute approximate surface area is 105 Å². The van der Waals surface area contributed by atoms with Gasteiger partial charge in [0.1, 0.15) is 5.82 Å². The number of anilines is 1. The summed E-state index contributed by atoms with van der Waals surface area (Å²) in [5.74, 6) is 0.983. The topological polar surface area (TPSA) is 16.1 Å². The average Bonchev–Trinajstić information content (AvgIpc) is 2.51. The number of alkyl halides is 1. The van der Waals surface area contributed by atoms with E-state index in [1.807, 2.05) is 12.3 Å². The summed E-state index contributed by atoms with van der Waals surface area (Å²) in [6.07, 6.45) is 2.84. The minimum absolute atomic E-state index is 0.257. The Kier molecular flexibility index (Phi) is 3.34. The van der Waals surface area contributed by atoms with Crippen molar-refractivity contribution in [3.8, 4) is 0 Å². The van der Waals surface area contributed by atoms with Crippen LogP contribution in [0.3, 0.4) is 0 Å². The van der Waals surface area contributed by atoms with E-state index in [0.717, 1.165) is 34.3 Å². The molecule has 1 aliphatic rings. The van der Waals surface area contributed by atoms with Gasteiger partial charge in [0.15, 0.2) is 0 Å². The van der Waals surface area contributed by atoms with Crippen LogP contribution in [0.25, 0.3) is 0 Å². The molecule has 1 unspecified atom stereocenters. The van der Waals surface area contributed by atoms with Gasteiger partial charge in [0.05, 0.1) is 9.85 Å². The van der Waals surface area contributed by atoms with Crippen molar-refractivity contribution < 1.29 is 0 Å². The van der Waals surface area contributed by atoms with Crippen molar-refractivity contribution in [2.45, 2.75) is 11.8 Å². The first-order chi connectivity index (χ1) is 6.66. The van der Waals surface area contributed by atoms with Crippen molar-refractivity contribution in [2.75, 3.05) is 18.0 Å². The predicted molar refractivity (Wildman–Crippen MR) is 66.1 cm³/mol. The summed E-state index contributed by atoms with van der Waals surface area (Å²) >= 11 is 12.9.